The maximum absolute atomic E-state index is 11.4. The molecule has 1 saturated heterocycles. The largest absolute Gasteiger partial charge is 0.493 e. The van der Waals surface area contributed by atoms with Gasteiger partial charge >= 0.3 is 6.03 Å². The number of ether oxygens (including phenoxy) is 2. The first kappa shape index (κ1) is 13.4. The van der Waals surface area contributed by atoms with Gasteiger partial charge in [0.25, 0.3) is 5.91 Å². The Morgan fingerprint density at radius 2 is 1.74 bits per heavy atom. The molecule has 100 valence electrons. The minimum absolute atomic E-state index is 0.179. The van der Waals surface area contributed by atoms with Crippen molar-refractivity contribution in [3.63, 3.8) is 0 Å². The molecule has 1 fully saturated rings. The van der Waals surface area contributed by atoms with Gasteiger partial charge in [0, 0.05) is 4.47 Å². The number of imide groups is 1. The second-order valence-electron chi connectivity index (χ2n) is 3.69. The van der Waals surface area contributed by atoms with E-state index in [2.05, 4.69) is 26.6 Å². The van der Waals surface area contributed by atoms with Crippen molar-refractivity contribution in [1.82, 2.24) is 10.6 Å². The number of carbonyl (C=O) groups excluding carboxylic acids is 2. The van der Waals surface area contributed by atoms with Gasteiger partial charge in [-0.05, 0) is 23.8 Å². The predicted molar refractivity (Wildman–Crippen MR) is 71.9 cm³/mol. The average molecular weight is 327 g/mol. The molecule has 1 heterocycles. The maximum Gasteiger partial charge on any atom is 0.326 e. The first-order valence-electron chi connectivity index (χ1n) is 5.30. The zero-order valence-corrected chi connectivity index (χ0v) is 11.8. The van der Waals surface area contributed by atoms with Crippen molar-refractivity contribution in [3.05, 3.63) is 27.9 Å². The van der Waals surface area contributed by atoms with Crippen molar-refractivity contribution in [2.45, 2.75) is 0 Å². The third-order valence-electron chi connectivity index (χ3n) is 2.52. The lowest BCUT2D eigenvalue weighted by Gasteiger charge is -2.10. The van der Waals surface area contributed by atoms with Crippen LogP contribution in [0.1, 0.15) is 5.56 Å². The van der Waals surface area contributed by atoms with Crippen LogP contribution >= 0.6 is 15.9 Å². The minimum Gasteiger partial charge on any atom is -0.493 e. The summed E-state index contributed by atoms with van der Waals surface area (Å²) in [5, 5.41) is 4.54. The normalized spacial score (nSPS) is 16.3. The van der Waals surface area contributed by atoms with Gasteiger partial charge in [0.1, 0.15) is 5.70 Å². The topological polar surface area (TPSA) is 76.7 Å². The highest BCUT2D eigenvalue weighted by Gasteiger charge is 2.23. The highest BCUT2D eigenvalue weighted by molar-refractivity contribution is 9.10. The molecule has 0 aliphatic carbocycles. The van der Waals surface area contributed by atoms with Gasteiger partial charge in [-0.3, -0.25) is 10.1 Å². The van der Waals surface area contributed by atoms with E-state index in [1.54, 1.807) is 18.2 Å². The predicted octanol–water partition coefficient (Wildman–Crippen LogP) is 1.65. The van der Waals surface area contributed by atoms with Crippen LogP contribution in [0.25, 0.3) is 6.08 Å². The van der Waals surface area contributed by atoms with Crippen molar-refractivity contribution in [3.8, 4) is 11.5 Å². The third-order valence-corrected chi connectivity index (χ3v) is 3.21. The van der Waals surface area contributed by atoms with Crippen molar-refractivity contribution < 1.29 is 19.1 Å². The Balaban J connectivity index is 2.43. The minimum atomic E-state index is -0.534. The molecule has 1 aliphatic heterocycles. The Bertz CT molecular complexity index is 583. The molecule has 19 heavy (non-hydrogen) atoms. The Morgan fingerprint density at radius 3 is 2.26 bits per heavy atom. The molecule has 7 heteroatoms. The van der Waals surface area contributed by atoms with E-state index in [1.807, 2.05) is 0 Å². The van der Waals surface area contributed by atoms with Gasteiger partial charge in [-0.15, -0.1) is 0 Å². The van der Waals surface area contributed by atoms with E-state index in [0.29, 0.717) is 21.5 Å². The van der Waals surface area contributed by atoms with Gasteiger partial charge < -0.3 is 14.8 Å². The number of amides is 3. The van der Waals surface area contributed by atoms with Gasteiger partial charge in [0.2, 0.25) is 0 Å². The summed E-state index contributed by atoms with van der Waals surface area (Å²) in [6, 6.07) is 2.89. The van der Waals surface area contributed by atoms with E-state index in [9.17, 15) is 9.59 Å². The Kier molecular flexibility index (Phi) is 3.75. The summed E-state index contributed by atoms with van der Waals surface area (Å²) < 4.78 is 11.1. The number of urea groups is 1. The SMILES string of the molecule is COc1cc(Br)c(/C=C2/NC(=O)NC2=O)cc1OC. The number of halogens is 1. The molecule has 1 aromatic rings. The van der Waals surface area contributed by atoms with E-state index < -0.39 is 11.9 Å². The van der Waals surface area contributed by atoms with Crippen LogP contribution in [0.2, 0.25) is 0 Å². The molecule has 1 aliphatic rings. The Hall–Kier alpha value is -2.02. The highest BCUT2D eigenvalue weighted by Crippen LogP contribution is 2.34. The van der Waals surface area contributed by atoms with Crippen molar-refractivity contribution >= 4 is 33.9 Å². The second kappa shape index (κ2) is 5.31. The molecule has 0 spiro atoms. The van der Waals surface area contributed by atoms with Gasteiger partial charge in [0.15, 0.2) is 11.5 Å². The molecule has 2 rings (SSSR count). The zero-order valence-electron chi connectivity index (χ0n) is 10.2. The van der Waals surface area contributed by atoms with Crippen LogP contribution in [0.5, 0.6) is 11.5 Å². The molecule has 0 radical (unpaired) electrons. The fraction of sp³-hybridized carbons (Fsp3) is 0.167. The van der Waals surface area contributed by atoms with E-state index in [0.717, 1.165) is 0 Å². The van der Waals surface area contributed by atoms with E-state index in [-0.39, 0.29) is 5.70 Å². The van der Waals surface area contributed by atoms with Crippen molar-refractivity contribution in [2.24, 2.45) is 0 Å². The summed E-state index contributed by atoms with van der Waals surface area (Å²) in [6.07, 6.45) is 1.55. The molecule has 1 aromatic carbocycles. The fourth-order valence-electron chi connectivity index (χ4n) is 1.62. The quantitative estimate of drug-likeness (QED) is 0.654. The molecule has 0 aromatic heterocycles. The third kappa shape index (κ3) is 2.70. The zero-order chi connectivity index (χ0) is 14.0. The van der Waals surface area contributed by atoms with Gasteiger partial charge in [0.05, 0.1) is 14.2 Å². The highest BCUT2D eigenvalue weighted by atomic mass is 79.9. The molecule has 6 nitrogen and oxygen atoms in total. The van der Waals surface area contributed by atoms with Crippen LogP contribution in [0.3, 0.4) is 0 Å². The Morgan fingerprint density at radius 1 is 1.11 bits per heavy atom. The van der Waals surface area contributed by atoms with E-state index in [1.165, 1.54) is 14.2 Å². The molecule has 3 amide bonds. The summed E-state index contributed by atoms with van der Waals surface area (Å²) in [5.41, 5.74) is 0.864. The maximum atomic E-state index is 11.4. The van der Waals surface area contributed by atoms with Crippen molar-refractivity contribution in [2.75, 3.05) is 14.2 Å². The molecular formula is C12H11BrN2O4. The monoisotopic (exact) mass is 326 g/mol. The lowest BCUT2D eigenvalue weighted by atomic mass is 10.1. The summed E-state index contributed by atoms with van der Waals surface area (Å²) in [7, 11) is 3.06. The van der Waals surface area contributed by atoms with Gasteiger partial charge in [-0.1, -0.05) is 15.9 Å². The Labute approximate surface area is 117 Å². The molecular weight excluding hydrogens is 316 g/mol. The number of methoxy groups -OCH3 is 2. The van der Waals surface area contributed by atoms with Crippen LogP contribution in [0.4, 0.5) is 4.79 Å². The fourth-order valence-corrected chi connectivity index (χ4v) is 2.06. The number of rotatable bonds is 3. The molecule has 0 bridgehead atoms. The lowest BCUT2D eigenvalue weighted by Crippen LogP contribution is -2.22. The standard InChI is InChI=1S/C12H11BrN2O4/c1-18-9-4-6(7(13)5-10(9)19-2)3-8-11(16)15-12(17)14-8/h3-5H,1-2H3,(H2,14,15,16,17)/b8-3+. The van der Waals surface area contributed by atoms with Crippen LogP contribution in [0.15, 0.2) is 22.3 Å². The molecule has 0 unspecified atom stereocenters. The van der Waals surface area contributed by atoms with Crippen LogP contribution in [0, 0.1) is 0 Å². The van der Waals surface area contributed by atoms with Crippen LogP contribution in [-0.2, 0) is 4.79 Å². The smallest absolute Gasteiger partial charge is 0.326 e. The molecule has 2 N–H and O–H groups in total. The number of benzene rings is 1. The summed E-state index contributed by atoms with van der Waals surface area (Å²) in [4.78, 5) is 22.5. The number of nitrogens with one attached hydrogen (secondary N) is 2. The van der Waals surface area contributed by atoms with E-state index >= 15 is 0 Å². The molecule has 0 saturated carbocycles. The van der Waals surface area contributed by atoms with Crippen LogP contribution < -0.4 is 20.1 Å². The van der Waals surface area contributed by atoms with Gasteiger partial charge in [-0.25, -0.2) is 4.79 Å². The van der Waals surface area contributed by atoms with Crippen LogP contribution in [-0.4, -0.2) is 26.2 Å². The summed E-state index contributed by atoms with van der Waals surface area (Å²) in [5.74, 6) is 0.630. The van der Waals surface area contributed by atoms with E-state index in [4.69, 9.17) is 9.47 Å². The summed E-state index contributed by atoms with van der Waals surface area (Å²) >= 11 is 3.37. The number of hydrogen-bond acceptors (Lipinski definition) is 4. The van der Waals surface area contributed by atoms with Crippen molar-refractivity contribution in [1.29, 1.82) is 0 Å². The summed E-state index contributed by atoms with van der Waals surface area (Å²) in [6.45, 7) is 0. The first-order chi connectivity index (χ1) is 9.05. The van der Waals surface area contributed by atoms with Gasteiger partial charge in [-0.2, -0.15) is 0 Å². The first-order valence-corrected chi connectivity index (χ1v) is 6.10. The number of carbonyl (C=O) groups is 2. The molecule has 0 atom stereocenters. The average Bonchev–Trinajstić information content (AvgIpc) is 2.69. The lowest BCUT2D eigenvalue weighted by molar-refractivity contribution is -0.115. The number of hydrogen-bond donors (Lipinski definition) is 2. The second-order valence-corrected chi connectivity index (χ2v) is 4.55.